The summed E-state index contributed by atoms with van der Waals surface area (Å²) in [6.45, 7) is 4.96. The van der Waals surface area contributed by atoms with Crippen molar-refractivity contribution in [2.45, 2.75) is 44.9 Å². The van der Waals surface area contributed by atoms with E-state index in [0.717, 1.165) is 25.3 Å². The first-order valence-corrected chi connectivity index (χ1v) is 8.80. The van der Waals surface area contributed by atoms with Crippen LogP contribution >= 0.6 is 0 Å². The van der Waals surface area contributed by atoms with Gasteiger partial charge in [0.1, 0.15) is 18.5 Å². The van der Waals surface area contributed by atoms with Crippen LogP contribution in [0.25, 0.3) is 0 Å². The Labute approximate surface area is 143 Å². The molecule has 0 bridgehead atoms. The first kappa shape index (κ1) is 17.0. The Bertz CT molecular complexity index is 614. The van der Waals surface area contributed by atoms with Crippen molar-refractivity contribution in [3.63, 3.8) is 0 Å². The quantitative estimate of drug-likeness (QED) is 0.848. The van der Waals surface area contributed by atoms with Crippen LogP contribution in [0.2, 0.25) is 0 Å². The SMILES string of the molecule is Cc1cnn(C[C@@H]2CCCCN2C[C@H](O)COc2ccccc2)c1. The highest BCUT2D eigenvalue weighted by molar-refractivity contribution is 5.20. The summed E-state index contributed by atoms with van der Waals surface area (Å²) in [5.74, 6) is 0.804. The zero-order valence-electron chi connectivity index (χ0n) is 14.3. The predicted molar refractivity (Wildman–Crippen MR) is 94.1 cm³/mol. The highest BCUT2D eigenvalue weighted by Gasteiger charge is 2.25. The number of para-hydroxylation sites is 1. The van der Waals surface area contributed by atoms with Crippen molar-refractivity contribution in [1.82, 2.24) is 14.7 Å². The van der Waals surface area contributed by atoms with Crippen LogP contribution in [0.5, 0.6) is 5.75 Å². The number of piperidine rings is 1. The zero-order valence-corrected chi connectivity index (χ0v) is 14.3. The van der Waals surface area contributed by atoms with Crippen LogP contribution in [-0.2, 0) is 6.54 Å². The molecular formula is C19H27N3O2. The molecule has 0 radical (unpaired) electrons. The Kier molecular flexibility index (Phi) is 5.88. The van der Waals surface area contributed by atoms with Gasteiger partial charge in [0, 0.05) is 18.8 Å². The lowest BCUT2D eigenvalue weighted by atomic mass is 10.0. The van der Waals surface area contributed by atoms with Gasteiger partial charge >= 0.3 is 0 Å². The summed E-state index contributed by atoms with van der Waals surface area (Å²) in [6, 6.07) is 10.1. The van der Waals surface area contributed by atoms with Gasteiger partial charge in [0.2, 0.25) is 0 Å². The van der Waals surface area contributed by atoms with Gasteiger partial charge in [-0.3, -0.25) is 9.58 Å². The van der Waals surface area contributed by atoms with E-state index in [1.807, 2.05) is 41.2 Å². The van der Waals surface area contributed by atoms with Crippen molar-refractivity contribution in [2.24, 2.45) is 0 Å². The molecule has 24 heavy (non-hydrogen) atoms. The predicted octanol–water partition coefficient (Wildman–Crippen LogP) is 2.49. The van der Waals surface area contributed by atoms with E-state index in [4.69, 9.17) is 4.74 Å². The van der Waals surface area contributed by atoms with E-state index < -0.39 is 6.10 Å². The molecule has 1 aromatic heterocycles. The summed E-state index contributed by atoms with van der Waals surface area (Å²) in [7, 11) is 0. The molecule has 1 N–H and O–H groups in total. The Morgan fingerprint density at radius 2 is 2.12 bits per heavy atom. The van der Waals surface area contributed by atoms with Gasteiger partial charge in [0.25, 0.3) is 0 Å². The number of aryl methyl sites for hydroxylation is 1. The number of ether oxygens (including phenoxy) is 1. The molecule has 0 spiro atoms. The highest BCUT2D eigenvalue weighted by atomic mass is 16.5. The number of likely N-dealkylation sites (tertiary alicyclic amines) is 1. The highest BCUT2D eigenvalue weighted by Crippen LogP contribution is 2.19. The van der Waals surface area contributed by atoms with E-state index in [1.165, 1.54) is 18.4 Å². The number of rotatable bonds is 7. The van der Waals surface area contributed by atoms with Gasteiger partial charge in [0.15, 0.2) is 0 Å². The van der Waals surface area contributed by atoms with Gasteiger partial charge in [-0.1, -0.05) is 24.6 Å². The number of aliphatic hydroxyl groups excluding tert-OH is 1. The molecule has 1 aromatic carbocycles. The van der Waals surface area contributed by atoms with Crippen LogP contribution in [0.4, 0.5) is 0 Å². The molecule has 0 amide bonds. The smallest absolute Gasteiger partial charge is 0.119 e. The molecule has 1 fully saturated rings. The van der Waals surface area contributed by atoms with E-state index in [-0.39, 0.29) is 0 Å². The van der Waals surface area contributed by atoms with Crippen LogP contribution in [-0.4, -0.2) is 51.6 Å². The summed E-state index contributed by atoms with van der Waals surface area (Å²) in [5.41, 5.74) is 1.19. The molecule has 130 valence electrons. The fourth-order valence-electron chi connectivity index (χ4n) is 3.32. The minimum atomic E-state index is -0.481. The standard InChI is InChI=1S/C19H27N3O2/c1-16-11-20-22(12-16)13-17-7-5-6-10-21(17)14-18(23)15-24-19-8-3-2-4-9-19/h2-4,8-9,11-12,17-18,23H,5-7,10,13-15H2,1H3/t17-,18-/m0/s1. The molecule has 0 aliphatic carbocycles. The number of hydrogen-bond acceptors (Lipinski definition) is 4. The van der Waals surface area contributed by atoms with Crippen molar-refractivity contribution in [3.05, 3.63) is 48.3 Å². The summed E-state index contributed by atoms with van der Waals surface area (Å²) >= 11 is 0. The fraction of sp³-hybridized carbons (Fsp3) is 0.526. The summed E-state index contributed by atoms with van der Waals surface area (Å²) in [5, 5.41) is 14.8. The second kappa shape index (κ2) is 8.31. The van der Waals surface area contributed by atoms with Gasteiger partial charge in [-0.05, 0) is 44.0 Å². The lowest BCUT2D eigenvalue weighted by Crippen LogP contribution is -2.46. The van der Waals surface area contributed by atoms with Crippen LogP contribution in [0.15, 0.2) is 42.7 Å². The average molecular weight is 329 g/mol. The average Bonchev–Trinajstić information content (AvgIpc) is 3.01. The van der Waals surface area contributed by atoms with Crippen molar-refractivity contribution in [2.75, 3.05) is 19.7 Å². The number of β-amino-alcohol motifs (C(OH)–C–C–N with tert-alkyl or cyclic N) is 1. The summed E-state index contributed by atoms with van der Waals surface area (Å²) in [6.07, 6.45) is 7.10. The van der Waals surface area contributed by atoms with Gasteiger partial charge in [0.05, 0.1) is 12.7 Å². The molecule has 0 saturated carbocycles. The first-order chi connectivity index (χ1) is 11.7. The van der Waals surface area contributed by atoms with Gasteiger partial charge < -0.3 is 9.84 Å². The molecule has 5 heteroatoms. The second-order valence-corrected chi connectivity index (χ2v) is 6.66. The third-order valence-electron chi connectivity index (χ3n) is 4.54. The second-order valence-electron chi connectivity index (χ2n) is 6.66. The third kappa shape index (κ3) is 4.82. The van der Waals surface area contributed by atoms with Crippen molar-refractivity contribution in [1.29, 1.82) is 0 Å². The maximum Gasteiger partial charge on any atom is 0.119 e. The molecular weight excluding hydrogens is 302 g/mol. The van der Waals surface area contributed by atoms with Gasteiger partial charge in [-0.15, -0.1) is 0 Å². The fourth-order valence-corrected chi connectivity index (χ4v) is 3.32. The number of nitrogens with zero attached hydrogens (tertiary/aromatic N) is 3. The molecule has 2 heterocycles. The lowest BCUT2D eigenvalue weighted by molar-refractivity contribution is 0.0345. The molecule has 1 saturated heterocycles. The normalized spacial score (nSPS) is 20.0. The molecule has 5 nitrogen and oxygen atoms in total. The third-order valence-corrected chi connectivity index (χ3v) is 4.54. The molecule has 2 aromatic rings. The summed E-state index contributed by atoms with van der Waals surface area (Å²) in [4.78, 5) is 2.39. The molecule has 3 rings (SSSR count). The molecule has 1 aliphatic rings. The Balaban J connectivity index is 1.51. The number of hydrogen-bond donors (Lipinski definition) is 1. The van der Waals surface area contributed by atoms with Gasteiger partial charge in [-0.2, -0.15) is 5.10 Å². The van der Waals surface area contributed by atoms with E-state index >= 15 is 0 Å². The topological polar surface area (TPSA) is 50.5 Å². The Morgan fingerprint density at radius 1 is 1.29 bits per heavy atom. The van der Waals surface area contributed by atoms with E-state index in [2.05, 4.69) is 23.1 Å². The Morgan fingerprint density at radius 3 is 2.88 bits per heavy atom. The maximum absolute atomic E-state index is 10.4. The minimum Gasteiger partial charge on any atom is -0.491 e. The minimum absolute atomic E-state index is 0.327. The molecule has 1 aliphatic heterocycles. The van der Waals surface area contributed by atoms with Crippen LogP contribution < -0.4 is 4.74 Å². The van der Waals surface area contributed by atoms with Crippen molar-refractivity contribution >= 4 is 0 Å². The van der Waals surface area contributed by atoms with Crippen molar-refractivity contribution < 1.29 is 9.84 Å². The summed E-state index contributed by atoms with van der Waals surface area (Å²) < 4.78 is 7.69. The number of aromatic nitrogens is 2. The van der Waals surface area contributed by atoms with Gasteiger partial charge in [-0.25, -0.2) is 0 Å². The molecule has 0 unspecified atom stereocenters. The van der Waals surface area contributed by atoms with Crippen LogP contribution in [0.3, 0.4) is 0 Å². The van der Waals surface area contributed by atoms with E-state index in [1.54, 1.807) is 0 Å². The van der Waals surface area contributed by atoms with Crippen LogP contribution in [0.1, 0.15) is 24.8 Å². The Hall–Kier alpha value is -1.85. The zero-order chi connectivity index (χ0) is 16.8. The molecule has 2 atom stereocenters. The van der Waals surface area contributed by atoms with Crippen molar-refractivity contribution in [3.8, 4) is 5.75 Å². The maximum atomic E-state index is 10.4. The monoisotopic (exact) mass is 329 g/mol. The number of aliphatic hydroxyl groups is 1. The van der Waals surface area contributed by atoms with E-state index in [0.29, 0.717) is 19.2 Å². The van der Waals surface area contributed by atoms with Crippen LogP contribution in [0, 0.1) is 6.92 Å². The van der Waals surface area contributed by atoms with E-state index in [9.17, 15) is 5.11 Å². The lowest BCUT2D eigenvalue weighted by Gasteiger charge is -2.36. The number of benzene rings is 1. The largest absolute Gasteiger partial charge is 0.491 e. The first-order valence-electron chi connectivity index (χ1n) is 8.80.